The number of rotatable bonds is 8. The van der Waals surface area contributed by atoms with Gasteiger partial charge in [0.25, 0.3) is 0 Å². The number of nitrogens with one attached hydrogen (secondary N) is 2. The molecule has 3 N–H and O–H groups in total. The molecule has 0 bridgehead atoms. The lowest BCUT2D eigenvalue weighted by Crippen LogP contribution is -2.38. The second-order valence-electron chi connectivity index (χ2n) is 5.81. The van der Waals surface area contributed by atoms with Crippen molar-refractivity contribution in [1.29, 1.82) is 0 Å². The van der Waals surface area contributed by atoms with Crippen LogP contribution in [-0.2, 0) is 0 Å². The molecule has 1 atom stereocenters. The number of hydrogen-bond donors (Lipinski definition) is 3. The number of aliphatic hydroxyl groups excluding tert-OH is 1. The Balaban J connectivity index is 1.47. The van der Waals surface area contributed by atoms with Crippen LogP contribution in [0.4, 0.5) is 4.79 Å². The van der Waals surface area contributed by atoms with Gasteiger partial charge in [-0.2, -0.15) is 0 Å². The molecule has 1 aromatic rings. The summed E-state index contributed by atoms with van der Waals surface area (Å²) in [5, 5.41) is 15.2. The first-order valence-electron chi connectivity index (χ1n) is 7.99. The van der Waals surface area contributed by atoms with Crippen LogP contribution in [0.5, 0.6) is 0 Å². The van der Waals surface area contributed by atoms with Gasteiger partial charge in [0, 0.05) is 6.54 Å². The van der Waals surface area contributed by atoms with Crippen LogP contribution < -0.4 is 10.6 Å². The minimum atomic E-state index is -0.798. The van der Waals surface area contributed by atoms with Crippen LogP contribution in [0.3, 0.4) is 0 Å². The zero-order chi connectivity index (χ0) is 14.9. The molecule has 118 valence electrons. The highest BCUT2D eigenvalue weighted by molar-refractivity contribution is 5.73. The Labute approximate surface area is 126 Å². The summed E-state index contributed by atoms with van der Waals surface area (Å²) in [5.74, 6) is 1.38. The molecular weight excluding hydrogens is 268 g/mol. The van der Waals surface area contributed by atoms with Crippen LogP contribution in [0.2, 0.25) is 0 Å². The van der Waals surface area contributed by atoms with Gasteiger partial charge in [-0.15, -0.1) is 0 Å². The molecule has 0 aliphatic heterocycles. The lowest BCUT2D eigenvalue weighted by molar-refractivity contribution is 0.148. The van der Waals surface area contributed by atoms with E-state index in [-0.39, 0.29) is 12.6 Å². The maximum atomic E-state index is 11.6. The first-order chi connectivity index (χ1) is 10.3. The largest absolute Gasteiger partial charge is 0.467 e. The average molecular weight is 294 g/mol. The molecule has 1 saturated carbocycles. The first-order valence-corrected chi connectivity index (χ1v) is 7.99. The van der Waals surface area contributed by atoms with Crippen molar-refractivity contribution in [3.8, 4) is 0 Å². The number of urea groups is 1. The van der Waals surface area contributed by atoms with Gasteiger partial charge in [0.05, 0.1) is 12.8 Å². The molecule has 2 amide bonds. The van der Waals surface area contributed by atoms with E-state index in [9.17, 15) is 9.90 Å². The zero-order valence-corrected chi connectivity index (χ0v) is 12.5. The lowest BCUT2D eigenvalue weighted by Gasteiger charge is -2.11. The average Bonchev–Trinajstić information content (AvgIpc) is 3.17. The van der Waals surface area contributed by atoms with Gasteiger partial charge in [-0.25, -0.2) is 4.79 Å². The van der Waals surface area contributed by atoms with Crippen molar-refractivity contribution in [3.05, 3.63) is 24.2 Å². The van der Waals surface area contributed by atoms with E-state index in [1.807, 2.05) is 0 Å². The van der Waals surface area contributed by atoms with E-state index in [1.54, 1.807) is 12.1 Å². The van der Waals surface area contributed by atoms with Gasteiger partial charge < -0.3 is 20.2 Å². The Kier molecular flexibility index (Phi) is 6.60. The molecule has 5 nitrogen and oxygen atoms in total. The highest BCUT2D eigenvalue weighted by Crippen LogP contribution is 2.28. The zero-order valence-electron chi connectivity index (χ0n) is 12.5. The van der Waals surface area contributed by atoms with E-state index >= 15 is 0 Å². The first kappa shape index (κ1) is 15.9. The van der Waals surface area contributed by atoms with Crippen molar-refractivity contribution in [1.82, 2.24) is 10.6 Å². The van der Waals surface area contributed by atoms with Crippen LogP contribution in [0, 0.1) is 5.92 Å². The number of unbranched alkanes of at least 4 members (excludes halogenated alkanes) is 1. The normalized spacial score (nSPS) is 16.8. The molecule has 1 aliphatic rings. The molecule has 2 rings (SSSR count). The minimum absolute atomic E-state index is 0.154. The molecule has 1 heterocycles. The predicted octanol–water partition coefficient (Wildman–Crippen LogP) is 2.97. The minimum Gasteiger partial charge on any atom is -0.467 e. The van der Waals surface area contributed by atoms with Gasteiger partial charge in [0.15, 0.2) is 0 Å². The molecule has 0 radical (unpaired) electrons. The summed E-state index contributed by atoms with van der Waals surface area (Å²) >= 11 is 0. The second kappa shape index (κ2) is 8.72. The van der Waals surface area contributed by atoms with Crippen molar-refractivity contribution in [3.63, 3.8) is 0 Å². The maximum Gasteiger partial charge on any atom is 0.314 e. The topological polar surface area (TPSA) is 74.5 Å². The van der Waals surface area contributed by atoms with Crippen molar-refractivity contribution in [2.45, 2.75) is 51.0 Å². The van der Waals surface area contributed by atoms with Gasteiger partial charge >= 0.3 is 6.03 Å². The van der Waals surface area contributed by atoms with Crippen LogP contribution in [0.1, 0.15) is 56.8 Å². The van der Waals surface area contributed by atoms with Gasteiger partial charge in [-0.3, -0.25) is 0 Å². The van der Waals surface area contributed by atoms with Crippen molar-refractivity contribution < 1.29 is 14.3 Å². The lowest BCUT2D eigenvalue weighted by atomic mass is 10.0. The van der Waals surface area contributed by atoms with E-state index in [1.165, 1.54) is 44.8 Å². The summed E-state index contributed by atoms with van der Waals surface area (Å²) in [6.07, 6.45) is 9.76. The molecule has 21 heavy (non-hydrogen) atoms. The van der Waals surface area contributed by atoms with E-state index in [2.05, 4.69) is 10.6 Å². The third kappa shape index (κ3) is 5.79. The van der Waals surface area contributed by atoms with Crippen molar-refractivity contribution in [2.24, 2.45) is 5.92 Å². The number of furan rings is 1. The molecule has 1 aromatic heterocycles. The fourth-order valence-corrected chi connectivity index (χ4v) is 2.89. The van der Waals surface area contributed by atoms with E-state index in [0.717, 1.165) is 12.3 Å². The summed E-state index contributed by atoms with van der Waals surface area (Å²) in [5.41, 5.74) is 0. The Morgan fingerprint density at radius 2 is 2.14 bits per heavy atom. The molecule has 0 aromatic carbocycles. The number of carbonyl (C=O) groups excluding carboxylic acids is 1. The fraction of sp³-hybridized carbons (Fsp3) is 0.688. The summed E-state index contributed by atoms with van der Waals surface area (Å²) in [4.78, 5) is 11.6. The monoisotopic (exact) mass is 294 g/mol. The Morgan fingerprint density at radius 1 is 1.33 bits per heavy atom. The van der Waals surface area contributed by atoms with Crippen LogP contribution in [0.15, 0.2) is 22.8 Å². The standard InChI is InChI=1S/C16H26N2O3/c19-14(15-9-5-11-21-15)12-18-16(20)17-10-4-3-8-13-6-1-2-7-13/h5,9,11,13-14,19H,1-4,6-8,10,12H2,(H2,17,18,20). The quantitative estimate of drug-likeness (QED) is 0.645. The van der Waals surface area contributed by atoms with E-state index < -0.39 is 6.10 Å². The van der Waals surface area contributed by atoms with Crippen LogP contribution >= 0.6 is 0 Å². The second-order valence-corrected chi connectivity index (χ2v) is 5.81. The Morgan fingerprint density at radius 3 is 2.86 bits per heavy atom. The number of aliphatic hydroxyl groups is 1. The smallest absolute Gasteiger partial charge is 0.314 e. The van der Waals surface area contributed by atoms with Gasteiger partial charge in [-0.05, 0) is 24.5 Å². The molecule has 1 unspecified atom stereocenters. The summed E-state index contributed by atoms with van der Waals surface area (Å²) in [7, 11) is 0. The number of hydrogen-bond acceptors (Lipinski definition) is 3. The third-order valence-corrected chi connectivity index (χ3v) is 4.13. The van der Waals surface area contributed by atoms with Crippen molar-refractivity contribution >= 4 is 6.03 Å². The SMILES string of the molecule is O=C(NCCCCC1CCCC1)NCC(O)c1ccco1. The Hall–Kier alpha value is -1.49. The molecule has 0 spiro atoms. The molecule has 0 saturated heterocycles. The highest BCUT2D eigenvalue weighted by atomic mass is 16.4. The Bertz CT molecular complexity index is 400. The molecule has 1 aliphatic carbocycles. The highest BCUT2D eigenvalue weighted by Gasteiger charge is 2.14. The van der Waals surface area contributed by atoms with Crippen LogP contribution in [0.25, 0.3) is 0 Å². The van der Waals surface area contributed by atoms with Crippen LogP contribution in [-0.4, -0.2) is 24.2 Å². The van der Waals surface area contributed by atoms with Gasteiger partial charge in [0.2, 0.25) is 0 Å². The van der Waals surface area contributed by atoms with E-state index in [0.29, 0.717) is 12.3 Å². The van der Waals surface area contributed by atoms with Crippen molar-refractivity contribution in [2.75, 3.05) is 13.1 Å². The summed E-state index contributed by atoms with van der Waals surface area (Å²) in [6, 6.07) is 3.16. The van der Waals surface area contributed by atoms with Gasteiger partial charge in [0.1, 0.15) is 11.9 Å². The summed E-state index contributed by atoms with van der Waals surface area (Å²) in [6.45, 7) is 0.844. The molecular formula is C16H26N2O3. The predicted molar refractivity (Wildman–Crippen MR) is 80.9 cm³/mol. The fourth-order valence-electron chi connectivity index (χ4n) is 2.89. The molecule has 5 heteroatoms. The van der Waals surface area contributed by atoms with E-state index in [4.69, 9.17) is 4.42 Å². The third-order valence-electron chi connectivity index (χ3n) is 4.13. The summed E-state index contributed by atoms with van der Waals surface area (Å²) < 4.78 is 5.07. The molecule has 1 fully saturated rings. The maximum absolute atomic E-state index is 11.6. The van der Waals surface area contributed by atoms with Gasteiger partial charge in [-0.1, -0.05) is 38.5 Å². The number of amides is 2. The number of carbonyl (C=O) groups is 1.